The quantitative estimate of drug-likeness (QED) is 0.533. The summed E-state index contributed by atoms with van der Waals surface area (Å²) < 4.78 is 29.6. The predicted octanol–water partition coefficient (Wildman–Crippen LogP) is 1.71. The van der Waals surface area contributed by atoms with Gasteiger partial charge in [0.2, 0.25) is 15.9 Å². The first kappa shape index (κ1) is 19.8. The van der Waals surface area contributed by atoms with E-state index in [2.05, 4.69) is 36.2 Å². The minimum Gasteiger partial charge on any atom is -0.349 e. The number of aromatic amines is 1. The molecule has 0 saturated heterocycles. The fourth-order valence-corrected chi connectivity index (χ4v) is 4.00. The van der Waals surface area contributed by atoms with Crippen molar-refractivity contribution < 1.29 is 13.2 Å². The molecule has 3 N–H and O–H groups in total. The maximum Gasteiger partial charge on any atom is 0.240 e. The largest absolute Gasteiger partial charge is 0.349 e. The SMILES string of the molecule is CCn1c(CNC(=O)CCNS(=O)(=O)c2cccc(Br)c2)n[nH]c1=S. The average Bonchev–Trinajstić information content (AvgIpc) is 2.92. The van der Waals surface area contributed by atoms with Crippen molar-refractivity contribution in [2.45, 2.75) is 31.3 Å². The number of benzene rings is 1. The number of nitrogens with zero attached hydrogens (tertiary/aromatic N) is 2. The van der Waals surface area contributed by atoms with Gasteiger partial charge < -0.3 is 9.88 Å². The first-order chi connectivity index (χ1) is 11.8. The van der Waals surface area contributed by atoms with E-state index in [4.69, 9.17) is 12.2 Å². The lowest BCUT2D eigenvalue weighted by Crippen LogP contribution is -2.31. The Kier molecular flexibility index (Phi) is 6.87. The highest BCUT2D eigenvalue weighted by Crippen LogP contribution is 2.15. The number of nitrogens with one attached hydrogen (secondary N) is 3. The van der Waals surface area contributed by atoms with Crippen LogP contribution >= 0.6 is 28.1 Å². The Morgan fingerprint density at radius 3 is 2.88 bits per heavy atom. The number of aromatic nitrogens is 3. The Morgan fingerprint density at radius 1 is 1.44 bits per heavy atom. The molecule has 0 atom stereocenters. The van der Waals surface area contributed by atoms with Gasteiger partial charge in [-0.05, 0) is 37.3 Å². The van der Waals surface area contributed by atoms with Gasteiger partial charge in [-0.3, -0.25) is 9.89 Å². The summed E-state index contributed by atoms with van der Waals surface area (Å²) in [6.07, 6.45) is 0.0184. The molecule has 1 aromatic carbocycles. The Labute approximate surface area is 159 Å². The summed E-state index contributed by atoms with van der Waals surface area (Å²) in [7, 11) is -3.65. The van der Waals surface area contributed by atoms with Crippen molar-refractivity contribution >= 4 is 44.1 Å². The van der Waals surface area contributed by atoms with Gasteiger partial charge >= 0.3 is 0 Å². The summed E-state index contributed by atoms with van der Waals surface area (Å²) in [6, 6.07) is 6.35. The topological polar surface area (TPSA) is 109 Å². The minimum absolute atomic E-state index is 0.00130. The molecule has 1 aromatic heterocycles. The summed E-state index contributed by atoms with van der Waals surface area (Å²) in [5.41, 5.74) is 0. The number of halogens is 1. The van der Waals surface area contributed by atoms with Crippen LogP contribution in [0, 0.1) is 4.77 Å². The third-order valence-corrected chi connectivity index (χ3v) is 5.61. The van der Waals surface area contributed by atoms with E-state index in [1.807, 2.05) is 6.92 Å². The van der Waals surface area contributed by atoms with Crippen molar-refractivity contribution in [3.63, 3.8) is 0 Å². The predicted molar refractivity (Wildman–Crippen MR) is 98.9 cm³/mol. The van der Waals surface area contributed by atoms with Crippen molar-refractivity contribution in [1.82, 2.24) is 24.8 Å². The highest BCUT2D eigenvalue weighted by Gasteiger charge is 2.14. The zero-order chi connectivity index (χ0) is 18.4. The molecule has 0 radical (unpaired) electrons. The number of hydrogen-bond acceptors (Lipinski definition) is 5. The summed E-state index contributed by atoms with van der Waals surface area (Å²) in [6.45, 7) is 2.79. The number of hydrogen-bond donors (Lipinski definition) is 3. The molecule has 0 unspecified atom stereocenters. The lowest BCUT2D eigenvalue weighted by atomic mass is 10.4. The van der Waals surface area contributed by atoms with Gasteiger partial charge in [-0.25, -0.2) is 13.1 Å². The lowest BCUT2D eigenvalue weighted by molar-refractivity contribution is -0.121. The van der Waals surface area contributed by atoms with Gasteiger partial charge in [0.05, 0.1) is 11.4 Å². The molecular formula is C14H18BrN5O3S2. The summed E-state index contributed by atoms with van der Waals surface area (Å²) in [5, 5.41) is 9.40. The number of rotatable bonds is 8. The second kappa shape index (κ2) is 8.70. The van der Waals surface area contributed by atoms with Crippen LogP contribution in [0.25, 0.3) is 0 Å². The third kappa shape index (κ3) is 5.46. The zero-order valence-corrected chi connectivity index (χ0v) is 16.7. The van der Waals surface area contributed by atoms with Gasteiger partial charge in [-0.2, -0.15) is 5.10 Å². The van der Waals surface area contributed by atoms with Crippen LogP contribution in [-0.4, -0.2) is 35.6 Å². The highest BCUT2D eigenvalue weighted by molar-refractivity contribution is 9.10. The van der Waals surface area contributed by atoms with E-state index in [0.717, 1.165) is 0 Å². The van der Waals surface area contributed by atoms with Crippen molar-refractivity contribution in [3.8, 4) is 0 Å². The molecule has 11 heteroatoms. The minimum atomic E-state index is -3.65. The van der Waals surface area contributed by atoms with Crippen molar-refractivity contribution in [1.29, 1.82) is 0 Å². The molecule has 8 nitrogen and oxygen atoms in total. The van der Waals surface area contributed by atoms with Gasteiger partial charge in [-0.1, -0.05) is 22.0 Å². The van der Waals surface area contributed by atoms with E-state index < -0.39 is 10.0 Å². The molecule has 0 aliphatic carbocycles. The Hall–Kier alpha value is -1.56. The molecule has 2 aromatic rings. The first-order valence-corrected chi connectivity index (χ1v) is 10.2. The van der Waals surface area contributed by atoms with Crippen LogP contribution < -0.4 is 10.0 Å². The first-order valence-electron chi connectivity index (χ1n) is 7.49. The molecule has 0 saturated carbocycles. The van der Waals surface area contributed by atoms with Gasteiger partial charge in [0.15, 0.2) is 10.6 Å². The van der Waals surface area contributed by atoms with E-state index >= 15 is 0 Å². The number of carbonyl (C=O) groups excluding carboxylic acids is 1. The van der Waals surface area contributed by atoms with E-state index in [1.165, 1.54) is 12.1 Å². The fourth-order valence-electron chi connectivity index (χ4n) is 2.09. The molecule has 0 aliphatic rings. The highest BCUT2D eigenvalue weighted by atomic mass is 79.9. The third-order valence-electron chi connectivity index (χ3n) is 3.35. The number of H-pyrrole nitrogens is 1. The zero-order valence-electron chi connectivity index (χ0n) is 13.5. The number of amides is 1. The number of carbonyl (C=O) groups is 1. The van der Waals surface area contributed by atoms with E-state index in [1.54, 1.807) is 16.7 Å². The van der Waals surface area contributed by atoms with Crippen molar-refractivity contribution in [3.05, 3.63) is 39.3 Å². The Bertz CT molecular complexity index is 907. The van der Waals surface area contributed by atoms with Crippen LogP contribution in [0.2, 0.25) is 0 Å². The monoisotopic (exact) mass is 447 g/mol. The summed E-state index contributed by atoms with van der Waals surface area (Å²) in [5.74, 6) is 0.337. The maximum atomic E-state index is 12.1. The van der Waals surface area contributed by atoms with Crippen LogP contribution in [0.5, 0.6) is 0 Å². The maximum absolute atomic E-state index is 12.1. The van der Waals surface area contributed by atoms with Gasteiger partial charge in [0, 0.05) is 24.0 Å². The molecule has 25 heavy (non-hydrogen) atoms. The van der Waals surface area contributed by atoms with Crippen molar-refractivity contribution in [2.75, 3.05) is 6.54 Å². The van der Waals surface area contributed by atoms with Crippen LogP contribution in [0.1, 0.15) is 19.2 Å². The van der Waals surface area contributed by atoms with Crippen LogP contribution in [0.15, 0.2) is 33.6 Å². The Balaban J connectivity index is 1.83. The summed E-state index contributed by atoms with van der Waals surface area (Å²) >= 11 is 8.30. The lowest BCUT2D eigenvalue weighted by Gasteiger charge is -2.08. The molecule has 0 bridgehead atoms. The van der Waals surface area contributed by atoms with Crippen LogP contribution in [-0.2, 0) is 27.9 Å². The molecular weight excluding hydrogens is 430 g/mol. The van der Waals surface area contributed by atoms with Gasteiger partial charge in [-0.15, -0.1) is 0 Å². The standard InChI is InChI=1S/C14H18BrN5O3S2/c1-2-20-12(18-19-14(20)24)9-16-13(21)6-7-17-25(22,23)11-5-3-4-10(15)8-11/h3-5,8,17H,2,6-7,9H2,1H3,(H,16,21)(H,19,24). The van der Waals surface area contributed by atoms with Crippen molar-refractivity contribution in [2.24, 2.45) is 0 Å². The second-order valence-electron chi connectivity index (χ2n) is 5.07. The smallest absolute Gasteiger partial charge is 0.240 e. The van der Waals surface area contributed by atoms with Crippen LogP contribution in [0.3, 0.4) is 0 Å². The van der Waals surface area contributed by atoms with Crippen LogP contribution in [0.4, 0.5) is 0 Å². The molecule has 0 fully saturated rings. The second-order valence-corrected chi connectivity index (χ2v) is 8.14. The molecule has 0 spiro atoms. The average molecular weight is 448 g/mol. The van der Waals surface area contributed by atoms with E-state index in [0.29, 0.717) is 21.6 Å². The summed E-state index contributed by atoms with van der Waals surface area (Å²) in [4.78, 5) is 12.0. The van der Waals surface area contributed by atoms with Gasteiger partial charge in [0.25, 0.3) is 0 Å². The van der Waals surface area contributed by atoms with E-state index in [9.17, 15) is 13.2 Å². The normalized spacial score (nSPS) is 11.4. The fraction of sp³-hybridized carbons (Fsp3) is 0.357. The molecule has 136 valence electrons. The molecule has 0 aliphatic heterocycles. The van der Waals surface area contributed by atoms with E-state index in [-0.39, 0.29) is 30.3 Å². The molecule has 2 rings (SSSR count). The van der Waals surface area contributed by atoms with Gasteiger partial charge in [0.1, 0.15) is 0 Å². The number of sulfonamides is 1. The molecule has 1 amide bonds. The Morgan fingerprint density at radius 2 is 2.20 bits per heavy atom. The molecule has 1 heterocycles.